The van der Waals surface area contributed by atoms with E-state index < -0.39 is 0 Å². The average Bonchev–Trinajstić information content (AvgIpc) is 2.66. The van der Waals surface area contributed by atoms with Gasteiger partial charge in [-0.3, -0.25) is 0 Å². The third-order valence-electron chi connectivity index (χ3n) is 4.17. The van der Waals surface area contributed by atoms with Crippen molar-refractivity contribution in [2.75, 3.05) is 21.3 Å². The van der Waals surface area contributed by atoms with E-state index in [0.717, 1.165) is 11.1 Å². The fourth-order valence-electron chi connectivity index (χ4n) is 2.91. The van der Waals surface area contributed by atoms with Gasteiger partial charge < -0.3 is 23.7 Å². The van der Waals surface area contributed by atoms with Crippen molar-refractivity contribution in [2.45, 2.75) is 24.5 Å². The Balaban J connectivity index is 1.99. The molecule has 2 aromatic carbocycles. The lowest BCUT2D eigenvalue weighted by Gasteiger charge is -2.33. The number of halogens is 1. The van der Waals surface area contributed by atoms with Gasteiger partial charge in [0, 0.05) is 10.9 Å². The zero-order valence-corrected chi connectivity index (χ0v) is 16.3. The highest BCUT2D eigenvalue weighted by Crippen LogP contribution is 2.47. The topological polar surface area (TPSA) is 46.2 Å². The third-order valence-corrected chi connectivity index (χ3v) is 4.82. The van der Waals surface area contributed by atoms with Crippen molar-refractivity contribution in [3.63, 3.8) is 0 Å². The molecule has 5 nitrogen and oxygen atoms in total. The fraction of sp³-hybridized carbons (Fsp3) is 0.368. The number of benzene rings is 2. The summed E-state index contributed by atoms with van der Waals surface area (Å²) in [5, 5.41) is 0.705. The minimum absolute atomic E-state index is 0.186. The number of rotatable bonds is 5. The van der Waals surface area contributed by atoms with Crippen LogP contribution < -0.4 is 23.7 Å². The van der Waals surface area contributed by atoms with Gasteiger partial charge in [0.1, 0.15) is 6.10 Å². The summed E-state index contributed by atoms with van der Waals surface area (Å²) in [6.45, 7) is 1.97. The van der Waals surface area contributed by atoms with Crippen molar-refractivity contribution >= 4 is 15.9 Å². The van der Waals surface area contributed by atoms with E-state index in [2.05, 4.69) is 15.9 Å². The molecular weight excluding hydrogens is 388 g/mol. The smallest absolute Gasteiger partial charge is 0.204 e. The Morgan fingerprint density at radius 2 is 1.64 bits per heavy atom. The second-order valence-electron chi connectivity index (χ2n) is 5.73. The molecule has 25 heavy (non-hydrogen) atoms. The van der Waals surface area contributed by atoms with Crippen LogP contribution in [-0.4, -0.2) is 27.4 Å². The van der Waals surface area contributed by atoms with Crippen LogP contribution in [0, 0.1) is 0 Å². The molecule has 2 aromatic rings. The lowest BCUT2D eigenvalue weighted by atomic mass is 10.0. The Bertz CT molecular complexity index is 762. The number of alkyl halides is 1. The van der Waals surface area contributed by atoms with Gasteiger partial charge in [-0.05, 0) is 36.8 Å². The largest absolute Gasteiger partial charge is 0.493 e. The number of methoxy groups -OCH3 is 3. The van der Waals surface area contributed by atoms with Crippen LogP contribution >= 0.6 is 15.9 Å². The van der Waals surface area contributed by atoms with Gasteiger partial charge in [-0.25, -0.2) is 0 Å². The van der Waals surface area contributed by atoms with Crippen LogP contribution in [0.25, 0.3) is 0 Å². The summed E-state index contributed by atoms with van der Waals surface area (Å²) in [6, 6.07) is 9.66. The summed E-state index contributed by atoms with van der Waals surface area (Å²) in [6.07, 6.45) is -0.447. The maximum absolute atomic E-state index is 6.27. The van der Waals surface area contributed by atoms with Crippen LogP contribution in [0.5, 0.6) is 28.7 Å². The summed E-state index contributed by atoms with van der Waals surface area (Å²) >= 11 is 3.47. The molecule has 0 fully saturated rings. The molecule has 0 spiro atoms. The molecule has 134 valence electrons. The molecule has 1 aliphatic heterocycles. The highest BCUT2D eigenvalue weighted by molar-refractivity contribution is 9.08. The summed E-state index contributed by atoms with van der Waals surface area (Å²) in [5.74, 6) is 3.32. The summed E-state index contributed by atoms with van der Waals surface area (Å²) in [4.78, 5) is 0. The van der Waals surface area contributed by atoms with E-state index >= 15 is 0 Å². The van der Waals surface area contributed by atoms with Crippen LogP contribution in [0.2, 0.25) is 0 Å². The van der Waals surface area contributed by atoms with Crippen molar-refractivity contribution in [3.8, 4) is 28.7 Å². The molecule has 2 atom stereocenters. The Hall–Kier alpha value is -2.08. The normalized spacial score (nSPS) is 18.6. The van der Waals surface area contributed by atoms with Crippen LogP contribution in [-0.2, 0) is 5.33 Å². The van der Waals surface area contributed by atoms with Gasteiger partial charge in [-0.15, -0.1) is 0 Å². The van der Waals surface area contributed by atoms with Crippen LogP contribution in [0.4, 0.5) is 0 Å². The summed E-state index contributed by atoms with van der Waals surface area (Å²) in [5.41, 5.74) is 2.01. The summed E-state index contributed by atoms with van der Waals surface area (Å²) < 4.78 is 28.5. The van der Waals surface area contributed by atoms with E-state index in [0.29, 0.717) is 34.1 Å². The maximum Gasteiger partial charge on any atom is 0.204 e. The van der Waals surface area contributed by atoms with Crippen molar-refractivity contribution in [1.82, 2.24) is 0 Å². The van der Waals surface area contributed by atoms with Gasteiger partial charge in [-0.1, -0.05) is 22.0 Å². The molecule has 0 unspecified atom stereocenters. The molecule has 0 aromatic heterocycles. The first kappa shape index (κ1) is 17.7. The predicted molar refractivity (Wildman–Crippen MR) is 98.6 cm³/mol. The van der Waals surface area contributed by atoms with E-state index in [9.17, 15) is 0 Å². The Morgan fingerprint density at radius 1 is 0.920 bits per heavy atom. The van der Waals surface area contributed by atoms with Crippen LogP contribution in [0.3, 0.4) is 0 Å². The monoisotopic (exact) mass is 408 g/mol. The molecular formula is C19H21BrO5. The minimum Gasteiger partial charge on any atom is -0.493 e. The first-order valence-corrected chi connectivity index (χ1v) is 9.05. The molecule has 1 heterocycles. The van der Waals surface area contributed by atoms with Gasteiger partial charge in [-0.2, -0.15) is 0 Å². The van der Waals surface area contributed by atoms with Crippen molar-refractivity contribution in [2.24, 2.45) is 0 Å². The highest BCUT2D eigenvalue weighted by atomic mass is 79.9. The molecule has 0 bridgehead atoms. The molecule has 1 aliphatic rings. The second-order valence-corrected chi connectivity index (χ2v) is 6.30. The van der Waals surface area contributed by atoms with Crippen LogP contribution in [0.1, 0.15) is 24.2 Å². The second kappa shape index (κ2) is 7.44. The van der Waals surface area contributed by atoms with Gasteiger partial charge >= 0.3 is 0 Å². The van der Waals surface area contributed by atoms with Gasteiger partial charge in [0.2, 0.25) is 5.75 Å². The average molecular weight is 409 g/mol. The number of fused-ring (bicyclic) bond motifs is 1. The first-order chi connectivity index (χ1) is 12.1. The van der Waals surface area contributed by atoms with Crippen molar-refractivity contribution in [1.29, 1.82) is 0 Å². The first-order valence-electron chi connectivity index (χ1n) is 7.93. The fourth-order valence-corrected chi connectivity index (χ4v) is 3.24. The molecule has 3 rings (SSSR count). The van der Waals surface area contributed by atoms with Gasteiger partial charge in [0.15, 0.2) is 29.1 Å². The standard InChI is InChI=1S/C19H21BrO5/c1-11-18(13-5-6-14(21-2)15(9-13)22-3)25-17-8-12(10-20)7-16(23-4)19(17)24-11/h5-9,11,18H,10H2,1-4H3/t11-,18+/m0/s1. The SMILES string of the molecule is COc1ccc([C@@H]2Oc3cc(CBr)cc(OC)c3O[C@H]2C)cc1OC. The number of ether oxygens (including phenoxy) is 5. The molecule has 0 N–H and O–H groups in total. The number of hydrogen-bond donors (Lipinski definition) is 0. The van der Waals surface area contributed by atoms with E-state index in [1.807, 2.05) is 37.3 Å². The number of hydrogen-bond acceptors (Lipinski definition) is 5. The zero-order chi connectivity index (χ0) is 18.0. The maximum atomic E-state index is 6.27. The van der Waals surface area contributed by atoms with Crippen molar-refractivity contribution in [3.05, 3.63) is 41.5 Å². The summed E-state index contributed by atoms with van der Waals surface area (Å²) in [7, 11) is 4.86. The molecule has 0 aliphatic carbocycles. The molecule has 0 radical (unpaired) electrons. The molecule has 0 amide bonds. The lowest BCUT2D eigenvalue weighted by molar-refractivity contribution is 0.0279. The van der Waals surface area contributed by atoms with E-state index in [-0.39, 0.29) is 12.2 Å². The predicted octanol–water partition coefficient (Wildman–Crippen LogP) is 4.51. The van der Waals surface area contributed by atoms with E-state index in [1.165, 1.54) is 0 Å². The lowest BCUT2D eigenvalue weighted by Crippen LogP contribution is -2.31. The third kappa shape index (κ3) is 3.35. The highest BCUT2D eigenvalue weighted by Gasteiger charge is 2.32. The quantitative estimate of drug-likeness (QED) is 0.681. The molecule has 6 heteroatoms. The van der Waals surface area contributed by atoms with Crippen molar-refractivity contribution < 1.29 is 23.7 Å². The Labute approximate surface area is 155 Å². The van der Waals surface area contributed by atoms with Gasteiger partial charge in [0.05, 0.1) is 21.3 Å². The molecule has 0 saturated carbocycles. The van der Waals surface area contributed by atoms with E-state index in [4.69, 9.17) is 23.7 Å². The Kier molecular flexibility index (Phi) is 5.27. The van der Waals surface area contributed by atoms with Crippen LogP contribution in [0.15, 0.2) is 30.3 Å². The molecule has 0 saturated heterocycles. The van der Waals surface area contributed by atoms with Gasteiger partial charge in [0.25, 0.3) is 0 Å². The van der Waals surface area contributed by atoms with E-state index in [1.54, 1.807) is 21.3 Å². The Morgan fingerprint density at radius 3 is 2.28 bits per heavy atom. The zero-order valence-electron chi connectivity index (χ0n) is 14.7. The minimum atomic E-state index is -0.261.